The van der Waals surface area contributed by atoms with Crippen molar-refractivity contribution in [1.29, 1.82) is 0 Å². The van der Waals surface area contributed by atoms with Crippen LogP contribution in [-0.4, -0.2) is 53.4 Å². The Balaban J connectivity index is 1.44. The zero-order valence-corrected chi connectivity index (χ0v) is 14.9. The van der Waals surface area contributed by atoms with Gasteiger partial charge < -0.3 is 14.5 Å². The number of hydrogen-bond donors (Lipinski definition) is 0. The van der Waals surface area contributed by atoms with Crippen LogP contribution in [0.5, 0.6) is 5.75 Å². The SMILES string of the molecule is Cc1ccc2c(c1)C(=O)CC1(CCN(C(=O)N3CCCCC3)CC1)O2. The second kappa shape index (κ2) is 6.36. The highest BCUT2D eigenvalue weighted by Gasteiger charge is 2.44. The first-order valence-electron chi connectivity index (χ1n) is 9.43. The summed E-state index contributed by atoms with van der Waals surface area (Å²) < 4.78 is 6.29. The normalized spacial score (nSPS) is 22.5. The molecule has 25 heavy (non-hydrogen) atoms. The summed E-state index contributed by atoms with van der Waals surface area (Å²) in [6, 6.07) is 5.97. The Morgan fingerprint density at radius 2 is 1.72 bits per heavy atom. The van der Waals surface area contributed by atoms with Crippen LogP contribution >= 0.6 is 0 Å². The number of urea groups is 1. The molecule has 0 saturated carbocycles. The Morgan fingerprint density at radius 1 is 1.04 bits per heavy atom. The van der Waals surface area contributed by atoms with E-state index in [1.54, 1.807) is 0 Å². The number of piperidine rings is 2. The summed E-state index contributed by atoms with van der Waals surface area (Å²) in [5.74, 6) is 0.874. The number of amides is 2. The lowest BCUT2D eigenvalue weighted by atomic mass is 9.82. The molecule has 3 aliphatic rings. The van der Waals surface area contributed by atoms with Crippen molar-refractivity contribution in [3.63, 3.8) is 0 Å². The summed E-state index contributed by atoms with van der Waals surface area (Å²) in [5, 5.41) is 0. The lowest BCUT2D eigenvalue weighted by molar-refractivity contribution is -0.00419. The third kappa shape index (κ3) is 3.12. The van der Waals surface area contributed by atoms with Crippen molar-refractivity contribution in [1.82, 2.24) is 9.80 Å². The van der Waals surface area contributed by atoms with E-state index < -0.39 is 5.60 Å². The Labute approximate surface area is 148 Å². The minimum atomic E-state index is -0.433. The molecule has 3 heterocycles. The molecule has 134 valence electrons. The smallest absolute Gasteiger partial charge is 0.320 e. The molecule has 1 aromatic rings. The number of hydrogen-bond acceptors (Lipinski definition) is 3. The van der Waals surface area contributed by atoms with E-state index in [1.165, 1.54) is 6.42 Å². The largest absolute Gasteiger partial charge is 0.486 e. The van der Waals surface area contributed by atoms with Gasteiger partial charge in [0.2, 0.25) is 0 Å². The first-order valence-corrected chi connectivity index (χ1v) is 9.43. The van der Waals surface area contributed by atoms with E-state index in [0.29, 0.717) is 30.8 Å². The molecule has 2 amide bonds. The van der Waals surface area contributed by atoms with Gasteiger partial charge in [0.15, 0.2) is 5.78 Å². The van der Waals surface area contributed by atoms with Crippen molar-refractivity contribution in [2.24, 2.45) is 0 Å². The molecule has 5 nitrogen and oxygen atoms in total. The van der Waals surface area contributed by atoms with Crippen molar-refractivity contribution >= 4 is 11.8 Å². The zero-order chi connectivity index (χ0) is 17.4. The molecule has 5 heteroatoms. The second-order valence-corrected chi connectivity index (χ2v) is 7.70. The summed E-state index contributed by atoms with van der Waals surface area (Å²) in [4.78, 5) is 29.2. The van der Waals surface area contributed by atoms with Gasteiger partial charge in [-0.2, -0.15) is 0 Å². The number of nitrogens with zero attached hydrogens (tertiary/aromatic N) is 2. The lowest BCUT2D eigenvalue weighted by Gasteiger charge is -2.45. The fraction of sp³-hybridized carbons (Fsp3) is 0.600. The van der Waals surface area contributed by atoms with Crippen LogP contribution in [-0.2, 0) is 0 Å². The van der Waals surface area contributed by atoms with Crippen molar-refractivity contribution in [3.8, 4) is 5.75 Å². The molecule has 0 unspecified atom stereocenters. The van der Waals surface area contributed by atoms with Crippen LogP contribution in [0.1, 0.15) is 54.4 Å². The van der Waals surface area contributed by atoms with Crippen LogP contribution in [0.25, 0.3) is 0 Å². The van der Waals surface area contributed by atoms with Crippen molar-refractivity contribution in [2.75, 3.05) is 26.2 Å². The van der Waals surface area contributed by atoms with E-state index in [0.717, 1.165) is 44.3 Å². The van der Waals surface area contributed by atoms with E-state index >= 15 is 0 Å². The molecule has 3 aliphatic heterocycles. The molecular weight excluding hydrogens is 316 g/mol. The van der Waals surface area contributed by atoms with Crippen LogP contribution in [0.15, 0.2) is 18.2 Å². The molecule has 4 rings (SSSR count). The third-order valence-electron chi connectivity index (χ3n) is 5.82. The predicted molar refractivity (Wildman–Crippen MR) is 95.1 cm³/mol. The van der Waals surface area contributed by atoms with Gasteiger partial charge in [-0.1, -0.05) is 11.6 Å². The maximum atomic E-state index is 12.7. The van der Waals surface area contributed by atoms with E-state index in [9.17, 15) is 9.59 Å². The topological polar surface area (TPSA) is 49.9 Å². The Kier molecular flexibility index (Phi) is 4.18. The first-order chi connectivity index (χ1) is 12.1. The molecule has 2 fully saturated rings. The van der Waals surface area contributed by atoms with Crippen LogP contribution in [0.2, 0.25) is 0 Å². The molecule has 1 spiro atoms. The number of Topliss-reactive ketones (excluding diaryl/α,β-unsaturated/α-hetero) is 1. The summed E-state index contributed by atoms with van der Waals surface area (Å²) >= 11 is 0. The summed E-state index contributed by atoms with van der Waals surface area (Å²) in [7, 11) is 0. The van der Waals surface area contributed by atoms with E-state index in [2.05, 4.69) is 0 Å². The van der Waals surface area contributed by atoms with Crippen LogP contribution in [0.4, 0.5) is 4.79 Å². The molecule has 0 N–H and O–H groups in total. The molecule has 0 atom stereocenters. The van der Waals surface area contributed by atoms with Crippen LogP contribution in [0.3, 0.4) is 0 Å². The molecule has 0 radical (unpaired) electrons. The molecular formula is C20H26N2O3. The van der Waals surface area contributed by atoms with E-state index in [1.807, 2.05) is 34.9 Å². The maximum Gasteiger partial charge on any atom is 0.320 e. The molecule has 2 saturated heterocycles. The van der Waals surface area contributed by atoms with Gasteiger partial charge in [0.25, 0.3) is 0 Å². The number of rotatable bonds is 0. The number of carbonyl (C=O) groups excluding carboxylic acids is 2. The van der Waals surface area contributed by atoms with Gasteiger partial charge in [0.05, 0.1) is 12.0 Å². The van der Waals surface area contributed by atoms with Gasteiger partial charge >= 0.3 is 6.03 Å². The quantitative estimate of drug-likeness (QED) is 0.726. The summed E-state index contributed by atoms with van der Waals surface area (Å²) in [5.41, 5.74) is 1.35. The Morgan fingerprint density at radius 3 is 2.44 bits per heavy atom. The zero-order valence-electron chi connectivity index (χ0n) is 14.9. The van der Waals surface area contributed by atoms with Crippen molar-refractivity contribution in [2.45, 2.75) is 51.0 Å². The number of benzene rings is 1. The molecule has 0 aromatic heterocycles. The summed E-state index contributed by atoms with van der Waals surface area (Å²) in [6.45, 7) is 5.08. The Hall–Kier alpha value is -2.04. The molecule has 1 aromatic carbocycles. The maximum absolute atomic E-state index is 12.7. The number of likely N-dealkylation sites (tertiary alicyclic amines) is 2. The minimum absolute atomic E-state index is 0.160. The number of fused-ring (bicyclic) bond motifs is 1. The minimum Gasteiger partial charge on any atom is -0.486 e. The van der Waals surface area contributed by atoms with Gasteiger partial charge in [-0.3, -0.25) is 4.79 Å². The Bertz CT molecular complexity index is 686. The second-order valence-electron chi connectivity index (χ2n) is 7.70. The number of ketones is 1. The lowest BCUT2D eigenvalue weighted by Crippen LogP contribution is -2.55. The fourth-order valence-electron chi connectivity index (χ4n) is 4.28. The average Bonchev–Trinajstić information content (AvgIpc) is 2.63. The van der Waals surface area contributed by atoms with E-state index in [4.69, 9.17) is 4.74 Å². The average molecular weight is 342 g/mol. The van der Waals surface area contributed by atoms with Gasteiger partial charge in [0.1, 0.15) is 11.4 Å². The summed E-state index contributed by atoms with van der Waals surface area (Å²) in [6.07, 6.45) is 5.32. The number of ether oxygens (including phenoxy) is 1. The standard InChI is InChI=1S/C20H26N2O3/c1-15-5-6-18-16(13-15)17(23)14-20(25-18)7-11-22(12-8-20)19(24)21-9-3-2-4-10-21/h5-6,13H,2-4,7-12,14H2,1H3. The third-order valence-corrected chi connectivity index (χ3v) is 5.82. The van der Waals surface area contributed by atoms with Gasteiger partial charge in [-0.25, -0.2) is 4.79 Å². The van der Waals surface area contributed by atoms with Gasteiger partial charge in [0, 0.05) is 39.0 Å². The molecule has 0 bridgehead atoms. The van der Waals surface area contributed by atoms with Crippen molar-refractivity contribution < 1.29 is 14.3 Å². The number of carbonyl (C=O) groups is 2. The van der Waals surface area contributed by atoms with Crippen LogP contribution < -0.4 is 4.74 Å². The van der Waals surface area contributed by atoms with E-state index in [-0.39, 0.29) is 11.8 Å². The monoisotopic (exact) mass is 342 g/mol. The van der Waals surface area contributed by atoms with Crippen LogP contribution in [0, 0.1) is 6.92 Å². The highest BCUT2D eigenvalue weighted by atomic mass is 16.5. The number of aryl methyl sites for hydroxylation is 1. The highest BCUT2D eigenvalue weighted by molar-refractivity contribution is 6.00. The molecule has 0 aliphatic carbocycles. The van der Waals surface area contributed by atoms with Gasteiger partial charge in [-0.15, -0.1) is 0 Å². The first kappa shape index (κ1) is 16.4. The fourth-order valence-corrected chi connectivity index (χ4v) is 4.28. The predicted octanol–water partition coefficient (Wildman–Crippen LogP) is 3.40. The van der Waals surface area contributed by atoms with Crippen molar-refractivity contribution in [3.05, 3.63) is 29.3 Å². The highest BCUT2D eigenvalue weighted by Crippen LogP contribution is 2.39. The van der Waals surface area contributed by atoms with Gasteiger partial charge in [-0.05, 0) is 38.3 Å².